The summed E-state index contributed by atoms with van der Waals surface area (Å²) in [6, 6.07) is 7.75. The molecule has 0 aromatic heterocycles. The van der Waals surface area contributed by atoms with Crippen LogP contribution in [0.25, 0.3) is 0 Å². The summed E-state index contributed by atoms with van der Waals surface area (Å²) in [4.78, 5) is 10.8. The van der Waals surface area contributed by atoms with E-state index in [1.807, 2.05) is 31.2 Å². The second-order valence-corrected chi connectivity index (χ2v) is 5.38. The van der Waals surface area contributed by atoms with Gasteiger partial charge in [-0.2, -0.15) is 0 Å². The van der Waals surface area contributed by atoms with Crippen molar-refractivity contribution >= 4 is 17.7 Å². The Labute approximate surface area is 119 Å². The summed E-state index contributed by atoms with van der Waals surface area (Å²) >= 11 is 5.61. The summed E-state index contributed by atoms with van der Waals surface area (Å²) in [6.45, 7) is 7.55. The third-order valence-electron chi connectivity index (χ3n) is 1.79. The predicted octanol–water partition coefficient (Wildman–Crippen LogP) is 3.15. The number of benzene rings is 1. The third-order valence-corrected chi connectivity index (χ3v) is 2.04. The molecule has 0 unspecified atom stereocenters. The number of nitrogens with one attached hydrogen (secondary N) is 1. The molecule has 0 spiro atoms. The van der Waals surface area contributed by atoms with E-state index in [9.17, 15) is 4.79 Å². The highest BCUT2D eigenvalue weighted by Gasteiger charge is 2.14. The van der Waals surface area contributed by atoms with Gasteiger partial charge in [0.2, 0.25) is 0 Å². The molecule has 0 radical (unpaired) electrons. The molecule has 1 aromatic rings. The molecule has 0 aliphatic carbocycles. The summed E-state index contributed by atoms with van der Waals surface area (Å²) in [5.41, 5.74) is 0.772. The number of amides is 1. The highest BCUT2D eigenvalue weighted by Crippen LogP contribution is 2.07. The number of alkyl carbamates (subject to hydrolysis) is 1. The molecule has 108 valence electrons. The first kappa shape index (κ1) is 17.7. The molecule has 0 heterocycles. The molecule has 5 heteroatoms. The van der Waals surface area contributed by atoms with Gasteiger partial charge in [-0.05, 0) is 39.8 Å². The lowest BCUT2D eigenvalue weighted by molar-refractivity contribution is 0.0518. The fourth-order valence-corrected chi connectivity index (χ4v) is 1.13. The molecule has 0 fully saturated rings. The van der Waals surface area contributed by atoms with E-state index in [1.165, 1.54) is 5.56 Å². The molecule has 0 bridgehead atoms. The van der Waals surface area contributed by atoms with Crippen molar-refractivity contribution in [1.82, 2.24) is 5.32 Å². The first-order valence-corrected chi connectivity index (χ1v) is 6.42. The van der Waals surface area contributed by atoms with E-state index < -0.39 is 11.7 Å². The summed E-state index contributed by atoms with van der Waals surface area (Å²) in [5.74, 6) is 0. The van der Waals surface area contributed by atoms with Crippen LogP contribution in [-0.4, -0.2) is 30.0 Å². The van der Waals surface area contributed by atoms with E-state index in [0.29, 0.717) is 0 Å². The number of aliphatic hydroxyl groups excluding tert-OH is 1. The Bertz CT molecular complexity index is 350. The summed E-state index contributed by atoms with van der Waals surface area (Å²) in [6.07, 6.45) is -0.494. The van der Waals surface area contributed by atoms with Crippen LogP contribution in [0.2, 0.25) is 5.02 Å². The van der Waals surface area contributed by atoms with Crippen LogP contribution < -0.4 is 5.32 Å². The molecule has 0 aliphatic heterocycles. The Morgan fingerprint density at radius 3 is 2.21 bits per heavy atom. The van der Waals surface area contributed by atoms with Crippen LogP contribution in [0, 0.1) is 6.92 Å². The van der Waals surface area contributed by atoms with Crippen LogP contribution in [0.1, 0.15) is 26.3 Å². The monoisotopic (exact) mass is 287 g/mol. The summed E-state index contributed by atoms with van der Waals surface area (Å²) in [5, 5.41) is 11.5. The lowest BCUT2D eigenvalue weighted by Crippen LogP contribution is -2.33. The first-order valence-electron chi connectivity index (χ1n) is 6.04. The Morgan fingerprint density at radius 1 is 1.32 bits per heavy atom. The van der Waals surface area contributed by atoms with E-state index >= 15 is 0 Å². The van der Waals surface area contributed by atoms with Crippen LogP contribution >= 0.6 is 11.6 Å². The molecule has 0 saturated heterocycles. The van der Waals surface area contributed by atoms with Crippen molar-refractivity contribution in [3.05, 3.63) is 34.9 Å². The SMILES string of the molecule is CC(C)(C)OC(=O)NCCO.Cc1ccc(Cl)cc1. The second kappa shape index (κ2) is 8.77. The van der Waals surface area contributed by atoms with Gasteiger partial charge in [-0.15, -0.1) is 0 Å². The van der Waals surface area contributed by atoms with Gasteiger partial charge in [-0.3, -0.25) is 0 Å². The van der Waals surface area contributed by atoms with Crippen molar-refractivity contribution < 1.29 is 14.6 Å². The van der Waals surface area contributed by atoms with Crippen LogP contribution in [0.3, 0.4) is 0 Å². The topological polar surface area (TPSA) is 58.6 Å². The minimum atomic E-state index is -0.494. The number of ether oxygens (including phenoxy) is 1. The standard InChI is InChI=1S/C7H7Cl.C7H15NO3/c1-6-2-4-7(8)5-3-6;1-7(2,3)11-6(10)8-4-5-9/h2-5H,1H3;9H,4-5H2,1-3H3,(H,8,10). The quantitative estimate of drug-likeness (QED) is 0.878. The average molecular weight is 288 g/mol. The van der Waals surface area contributed by atoms with E-state index in [1.54, 1.807) is 20.8 Å². The molecule has 19 heavy (non-hydrogen) atoms. The molecule has 1 amide bonds. The Kier molecular flexibility index (Phi) is 8.19. The minimum Gasteiger partial charge on any atom is -0.444 e. The fourth-order valence-electron chi connectivity index (χ4n) is 1.01. The maximum atomic E-state index is 10.8. The number of hydrogen-bond donors (Lipinski definition) is 2. The van der Waals surface area contributed by atoms with Gasteiger partial charge in [0, 0.05) is 11.6 Å². The number of aliphatic hydroxyl groups is 1. The normalized spacial score (nSPS) is 10.2. The van der Waals surface area contributed by atoms with Gasteiger partial charge in [-0.1, -0.05) is 29.3 Å². The van der Waals surface area contributed by atoms with Gasteiger partial charge in [0.25, 0.3) is 0 Å². The number of halogens is 1. The van der Waals surface area contributed by atoms with Gasteiger partial charge in [-0.25, -0.2) is 4.79 Å². The van der Waals surface area contributed by atoms with E-state index in [0.717, 1.165) is 5.02 Å². The average Bonchev–Trinajstić information content (AvgIpc) is 2.29. The lowest BCUT2D eigenvalue weighted by Gasteiger charge is -2.19. The Balaban J connectivity index is 0.000000356. The van der Waals surface area contributed by atoms with Crippen molar-refractivity contribution in [3.63, 3.8) is 0 Å². The number of aryl methyl sites for hydroxylation is 1. The van der Waals surface area contributed by atoms with Crippen molar-refractivity contribution in [2.45, 2.75) is 33.3 Å². The smallest absolute Gasteiger partial charge is 0.407 e. The highest BCUT2D eigenvalue weighted by atomic mass is 35.5. The molecule has 0 aliphatic rings. The molecule has 4 nitrogen and oxygen atoms in total. The number of hydrogen-bond acceptors (Lipinski definition) is 3. The zero-order chi connectivity index (χ0) is 14.9. The van der Waals surface area contributed by atoms with Crippen LogP contribution in [0.15, 0.2) is 24.3 Å². The van der Waals surface area contributed by atoms with E-state index in [-0.39, 0.29) is 13.2 Å². The molecule has 2 N–H and O–H groups in total. The molecular weight excluding hydrogens is 266 g/mol. The third kappa shape index (κ3) is 11.6. The van der Waals surface area contributed by atoms with Crippen LogP contribution in [-0.2, 0) is 4.74 Å². The van der Waals surface area contributed by atoms with Crippen molar-refractivity contribution in [3.8, 4) is 0 Å². The highest BCUT2D eigenvalue weighted by molar-refractivity contribution is 6.30. The van der Waals surface area contributed by atoms with Crippen molar-refractivity contribution in [2.75, 3.05) is 13.2 Å². The molecule has 1 rings (SSSR count). The molecular formula is C14H22ClNO3. The zero-order valence-electron chi connectivity index (χ0n) is 11.9. The first-order chi connectivity index (χ1) is 8.74. The van der Waals surface area contributed by atoms with Crippen molar-refractivity contribution in [1.29, 1.82) is 0 Å². The Morgan fingerprint density at radius 2 is 1.84 bits per heavy atom. The van der Waals surface area contributed by atoms with E-state index in [2.05, 4.69) is 5.32 Å². The van der Waals surface area contributed by atoms with Gasteiger partial charge in [0.1, 0.15) is 5.60 Å². The van der Waals surface area contributed by atoms with Crippen LogP contribution in [0.4, 0.5) is 4.79 Å². The van der Waals surface area contributed by atoms with E-state index in [4.69, 9.17) is 21.4 Å². The summed E-state index contributed by atoms with van der Waals surface area (Å²) < 4.78 is 4.88. The lowest BCUT2D eigenvalue weighted by atomic mass is 10.2. The summed E-state index contributed by atoms with van der Waals surface area (Å²) in [7, 11) is 0. The number of rotatable bonds is 2. The second-order valence-electron chi connectivity index (χ2n) is 4.95. The Hall–Kier alpha value is -1.26. The largest absolute Gasteiger partial charge is 0.444 e. The van der Waals surface area contributed by atoms with Gasteiger partial charge < -0.3 is 15.2 Å². The number of carbonyl (C=O) groups excluding carboxylic acids is 1. The maximum Gasteiger partial charge on any atom is 0.407 e. The molecule has 0 atom stereocenters. The molecule has 0 saturated carbocycles. The maximum absolute atomic E-state index is 10.8. The van der Waals surface area contributed by atoms with Gasteiger partial charge in [0.15, 0.2) is 0 Å². The zero-order valence-corrected chi connectivity index (χ0v) is 12.6. The van der Waals surface area contributed by atoms with Crippen LogP contribution in [0.5, 0.6) is 0 Å². The predicted molar refractivity (Wildman–Crippen MR) is 77.5 cm³/mol. The fraction of sp³-hybridized carbons (Fsp3) is 0.500. The molecule has 1 aromatic carbocycles. The minimum absolute atomic E-state index is 0.0702. The van der Waals surface area contributed by atoms with Crippen molar-refractivity contribution in [2.24, 2.45) is 0 Å². The van der Waals surface area contributed by atoms with Gasteiger partial charge in [0.05, 0.1) is 6.61 Å². The number of carbonyl (C=O) groups is 1. The van der Waals surface area contributed by atoms with Gasteiger partial charge >= 0.3 is 6.09 Å².